The molecule has 19 heavy (non-hydrogen) atoms. The molecule has 0 heterocycles. The van der Waals surface area contributed by atoms with Gasteiger partial charge in [0.15, 0.2) is 0 Å². The molecule has 0 aromatic rings. The third kappa shape index (κ3) is 10.4. The van der Waals surface area contributed by atoms with Gasteiger partial charge in [-0.05, 0) is 19.4 Å². The van der Waals surface area contributed by atoms with Gasteiger partial charge in [-0.2, -0.15) is 0 Å². The first-order valence-electron chi connectivity index (χ1n) is 6.50. The second kappa shape index (κ2) is 9.02. The number of nitrogens with zero attached hydrogens (tertiary/aromatic N) is 1. The van der Waals surface area contributed by atoms with E-state index in [1.165, 1.54) is 0 Å². The first-order valence-corrected chi connectivity index (χ1v) is 8.00. The van der Waals surface area contributed by atoms with Gasteiger partial charge in [-0.15, -0.1) is 0 Å². The molecule has 2 unspecified atom stereocenters. The van der Waals surface area contributed by atoms with Crippen LogP contribution in [0.3, 0.4) is 0 Å². The second-order valence-corrected chi connectivity index (χ2v) is 6.85. The first-order chi connectivity index (χ1) is 8.69. The van der Waals surface area contributed by atoms with Crippen LogP contribution in [0, 0.1) is 0 Å². The van der Waals surface area contributed by atoms with E-state index in [9.17, 15) is 14.6 Å². The van der Waals surface area contributed by atoms with E-state index in [1.807, 2.05) is 0 Å². The van der Waals surface area contributed by atoms with Crippen LogP contribution in [0.1, 0.15) is 25.7 Å². The van der Waals surface area contributed by atoms with Crippen molar-refractivity contribution in [1.82, 2.24) is 0 Å². The molecular weight excluding hydrogens is 271 g/mol. The number of rotatable bonds is 11. The summed E-state index contributed by atoms with van der Waals surface area (Å²) in [6.07, 6.45) is 2.64. The van der Waals surface area contributed by atoms with E-state index < -0.39 is 14.1 Å². The summed E-state index contributed by atoms with van der Waals surface area (Å²) in [6.45, 7) is 0.578. The summed E-state index contributed by atoms with van der Waals surface area (Å²) in [5, 5.41) is 9.67. The van der Waals surface area contributed by atoms with Crippen molar-refractivity contribution in [3.05, 3.63) is 0 Å². The number of aliphatic hydroxyl groups excluding tert-OH is 1. The molecule has 0 aliphatic heterocycles. The van der Waals surface area contributed by atoms with Crippen molar-refractivity contribution in [3.8, 4) is 0 Å². The average Bonchev–Trinajstić information content (AvgIpc) is 2.29. The smallest absolute Gasteiger partial charge is 0.343 e. The molecule has 2 atom stereocenters. The minimum atomic E-state index is -4.07. The Hall–Kier alpha value is -0.0100. The Bertz CT molecular complexity index is 283. The highest BCUT2D eigenvalue weighted by Crippen LogP contribution is 2.43. The number of aliphatic hydroxyl groups is 1. The monoisotopic (exact) mass is 299 g/mol. The largest absolute Gasteiger partial charge is 0.472 e. The third-order valence-electron chi connectivity index (χ3n) is 2.63. The third-order valence-corrected chi connectivity index (χ3v) is 3.62. The number of likely N-dealkylation sites (N-methyl/N-ethyl adjacent to an activating group) is 1. The van der Waals surface area contributed by atoms with E-state index in [-0.39, 0.29) is 17.7 Å². The maximum atomic E-state index is 11.5. The molecule has 4 N–H and O–H groups in total. The highest BCUT2D eigenvalue weighted by Gasteiger charge is 2.27. The number of unbranched alkanes of at least 4 members (excludes halogenated alkanes) is 3. The van der Waals surface area contributed by atoms with Gasteiger partial charge in [-0.25, -0.2) is 4.57 Å². The Labute approximate surface area is 115 Å². The van der Waals surface area contributed by atoms with Crippen molar-refractivity contribution < 1.29 is 28.1 Å². The van der Waals surface area contributed by atoms with E-state index >= 15 is 0 Å². The maximum Gasteiger partial charge on any atom is 0.472 e. The average molecular weight is 299 g/mol. The van der Waals surface area contributed by atoms with Crippen molar-refractivity contribution in [2.45, 2.75) is 31.9 Å². The van der Waals surface area contributed by atoms with Crippen molar-refractivity contribution in [1.29, 1.82) is 0 Å². The van der Waals surface area contributed by atoms with Gasteiger partial charge in [-0.3, -0.25) is 9.05 Å². The number of phosphoric acid groups is 1. The summed E-state index contributed by atoms with van der Waals surface area (Å²) in [4.78, 5) is 9.40. The summed E-state index contributed by atoms with van der Waals surface area (Å²) in [6, 6.07) is 0. The Kier molecular flexibility index (Phi) is 9.02. The van der Waals surface area contributed by atoms with Crippen LogP contribution in [0.5, 0.6) is 0 Å². The van der Waals surface area contributed by atoms with E-state index in [2.05, 4.69) is 0 Å². The summed E-state index contributed by atoms with van der Waals surface area (Å²) in [5.41, 5.74) is 5.35. The molecule has 0 saturated heterocycles. The van der Waals surface area contributed by atoms with Gasteiger partial charge in [0.2, 0.25) is 6.23 Å². The lowest BCUT2D eigenvalue weighted by atomic mass is 10.2. The Morgan fingerprint density at radius 3 is 2.26 bits per heavy atom. The minimum Gasteiger partial charge on any atom is -0.343 e. The molecule has 0 amide bonds. The molecule has 0 saturated carbocycles. The lowest BCUT2D eigenvalue weighted by Crippen LogP contribution is -2.47. The second-order valence-electron chi connectivity index (χ2n) is 5.40. The number of quaternary nitrogens is 1. The zero-order valence-corrected chi connectivity index (χ0v) is 13.0. The molecule has 0 rings (SSSR count). The van der Waals surface area contributed by atoms with Crippen LogP contribution < -0.4 is 5.73 Å². The molecule has 0 radical (unpaired) electrons. The molecule has 0 spiro atoms. The Morgan fingerprint density at radius 1 is 1.16 bits per heavy atom. The molecule has 0 aromatic carbocycles. The minimum absolute atomic E-state index is 0.165. The molecule has 0 aliphatic rings. The predicted octanol–water partition coefficient (Wildman–Crippen LogP) is 0.664. The fourth-order valence-electron chi connectivity index (χ4n) is 1.20. The molecule has 7 nitrogen and oxygen atoms in total. The molecule has 8 heteroatoms. The van der Waals surface area contributed by atoms with Gasteiger partial charge in [0, 0.05) is 0 Å². The SMILES string of the molecule is C[N+](C)(C)C(O)COP(=O)(O)OCCCCCCN. The predicted molar refractivity (Wildman–Crippen MR) is 73.3 cm³/mol. The number of hydrogen-bond acceptors (Lipinski definition) is 5. The molecular formula is C11H28N2O5P+. The van der Waals surface area contributed by atoms with Crippen molar-refractivity contribution >= 4 is 7.82 Å². The molecule has 0 bridgehead atoms. The van der Waals surface area contributed by atoms with E-state index in [4.69, 9.17) is 14.8 Å². The van der Waals surface area contributed by atoms with Crippen molar-refractivity contribution in [2.75, 3.05) is 40.9 Å². The van der Waals surface area contributed by atoms with Crippen LogP contribution in [-0.4, -0.2) is 61.6 Å². The zero-order chi connectivity index (χ0) is 14.9. The van der Waals surface area contributed by atoms with Crippen LogP contribution in [0.4, 0.5) is 0 Å². The van der Waals surface area contributed by atoms with E-state index in [1.54, 1.807) is 21.1 Å². The Morgan fingerprint density at radius 2 is 1.74 bits per heavy atom. The Balaban J connectivity index is 3.78. The lowest BCUT2D eigenvalue weighted by Gasteiger charge is -2.29. The fourth-order valence-corrected chi connectivity index (χ4v) is 1.96. The zero-order valence-electron chi connectivity index (χ0n) is 12.1. The van der Waals surface area contributed by atoms with E-state index in [0.29, 0.717) is 13.0 Å². The topological polar surface area (TPSA) is 102 Å². The molecule has 116 valence electrons. The number of nitrogens with two attached hydrogens (primary N) is 1. The highest BCUT2D eigenvalue weighted by molar-refractivity contribution is 7.47. The summed E-state index contributed by atoms with van der Waals surface area (Å²) >= 11 is 0. The van der Waals surface area contributed by atoms with Gasteiger partial charge in [0.25, 0.3) is 0 Å². The first kappa shape index (κ1) is 19.0. The fraction of sp³-hybridized carbons (Fsp3) is 1.00. The maximum absolute atomic E-state index is 11.5. The van der Waals surface area contributed by atoms with Gasteiger partial charge in [-0.1, -0.05) is 12.8 Å². The molecule has 0 fully saturated rings. The van der Waals surface area contributed by atoms with Crippen molar-refractivity contribution in [2.24, 2.45) is 5.73 Å². The van der Waals surface area contributed by atoms with E-state index in [0.717, 1.165) is 19.3 Å². The van der Waals surface area contributed by atoms with Gasteiger partial charge < -0.3 is 20.2 Å². The van der Waals surface area contributed by atoms with Crippen LogP contribution in [0.15, 0.2) is 0 Å². The van der Waals surface area contributed by atoms with Crippen LogP contribution >= 0.6 is 7.82 Å². The van der Waals surface area contributed by atoms with Gasteiger partial charge in [0.1, 0.15) is 6.61 Å². The van der Waals surface area contributed by atoms with Crippen LogP contribution in [0.25, 0.3) is 0 Å². The van der Waals surface area contributed by atoms with Gasteiger partial charge in [0.05, 0.1) is 27.7 Å². The summed E-state index contributed by atoms with van der Waals surface area (Å²) in [7, 11) is 1.21. The lowest BCUT2D eigenvalue weighted by molar-refractivity contribution is -0.918. The summed E-state index contributed by atoms with van der Waals surface area (Å²) in [5.74, 6) is 0. The normalized spacial score (nSPS) is 17.2. The van der Waals surface area contributed by atoms with Crippen LogP contribution in [0.2, 0.25) is 0 Å². The summed E-state index contributed by atoms with van der Waals surface area (Å²) < 4.78 is 21.3. The van der Waals surface area contributed by atoms with Crippen molar-refractivity contribution in [3.63, 3.8) is 0 Å². The van der Waals surface area contributed by atoms with Crippen LogP contribution in [-0.2, 0) is 13.6 Å². The number of hydrogen-bond donors (Lipinski definition) is 3. The van der Waals surface area contributed by atoms with Gasteiger partial charge >= 0.3 is 7.82 Å². The quantitative estimate of drug-likeness (QED) is 0.224. The molecule has 0 aliphatic carbocycles. The standard InChI is InChI=1S/C11H27N2O5P/c1-13(2,3)11(14)10-18-19(15,16)17-9-7-5-4-6-8-12/h11,14H,4-10,12H2,1-3H3/p+1. The number of phosphoric ester groups is 1. The highest BCUT2D eigenvalue weighted by atomic mass is 31.2. The molecule has 0 aromatic heterocycles.